The zero-order valence-electron chi connectivity index (χ0n) is 32.7. The molecule has 4 N–H and O–H groups in total. The van der Waals surface area contributed by atoms with E-state index in [1.54, 1.807) is 42.5 Å². The normalized spacial score (nSPS) is 10.3. The Balaban J connectivity index is 0.000000147. The van der Waals surface area contributed by atoms with E-state index in [4.69, 9.17) is 28.6 Å². The maximum atomic E-state index is 12.1. The minimum atomic E-state index is -0.481. The molecule has 3 aromatic heterocycles. The lowest BCUT2D eigenvalue weighted by Crippen LogP contribution is -2.00. The number of hydrogen-bond acceptors (Lipinski definition) is 10. The molecule has 0 aliphatic carbocycles. The second-order valence-electron chi connectivity index (χ2n) is 13.3. The number of aryl methyl sites for hydroxylation is 2. The Morgan fingerprint density at radius 3 is 1.30 bits per heavy atom. The minimum absolute atomic E-state index is 0.0467. The largest absolute Gasteiger partial charge is 0.508 e. The third kappa shape index (κ3) is 10.1. The van der Waals surface area contributed by atoms with E-state index in [1.165, 1.54) is 6.07 Å². The lowest BCUT2D eigenvalue weighted by atomic mass is 10.0. The molecule has 0 atom stereocenters. The van der Waals surface area contributed by atoms with Crippen LogP contribution in [0.5, 0.6) is 5.75 Å². The minimum Gasteiger partial charge on any atom is -0.508 e. The van der Waals surface area contributed by atoms with Crippen molar-refractivity contribution in [3.8, 4) is 41.8 Å². The molecule has 3 heterocycles. The summed E-state index contributed by atoms with van der Waals surface area (Å²) in [6, 6.07) is 32.6. The SMILES string of the molecule is C#CCO.Cc1ccc2c(c1)oc(=O)c1cc(Br)ccc12.Cc1ccc2c(c1)oc(=O)c1cc(C#CCO)ccc12.O=c1oc2cc(O)ccc2c2ccc(C#CCO)cc12. The quantitative estimate of drug-likeness (QED) is 0.0661. The zero-order chi connectivity index (χ0) is 43.6. The van der Waals surface area contributed by atoms with Gasteiger partial charge in [0, 0.05) is 48.6 Å². The van der Waals surface area contributed by atoms with Crippen molar-refractivity contribution in [1.29, 1.82) is 0 Å². The van der Waals surface area contributed by atoms with Crippen LogP contribution in [-0.2, 0) is 0 Å². The Morgan fingerprint density at radius 2 is 0.869 bits per heavy atom. The molecule has 0 saturated carbocycles. The first-order chi connectivity index (χ1) is 29.4. The van der Waals surface area contributed by atoms with Crippen LogP contribution in [0.2, 0.25) is 0 Å². The number of terminal acetylenes is 1. The van der Waals surface area contributed by atoms with E-state index in [1.807, 2.05) is 80.4 Å². The third-order valence-corrected chi connectivity index (χ3v) is 9.61. The van der Waals surface area contributed by atoms with Crippen molar-refractivity contribution < 1.29 is 33.7 Å². The molecule has 0 aliphatic heterocycles. The van der Waals surface area contributed by atoms with Crippen molar-refractivity contribution in [3.05, 3.63) is 167 Å². The van der Waals surface area contributed by atoms with Gasteiger partial charge in [0.2, 0.25) is 0 Å². The van der Waals surface area contributed by atoms with Gasteiger partial charge in [-0.1, -0.05) is 88.0 Å². The Morgan fingerprint density at radius 1 is 0.492 bits per heavy atom. The summed E-state index contributed by atoms with van der Waals surface area (Å²) in [4.78, 5) is 35.9. The second-order valence-corrected chi connectivity index (χ2v) is 14.3. The lowest BCUT2D eigenvalue weighted by molar-refractivity contribution is 0.350. The van der Waals surface area contributed by atoms with Crippen LogP contribution in [0.1, 0.15) is 22.3 Å². The number of rotatable bonds is 0. The number of phenols is 1. The maximum Gasteiger partial charge on any atom is 0.344 e. The van der Waals surface area contributed by atoms with Gasteiger partial charge in [-0.2, -0.15) is 0 Å². The van der Waals surface area contributed by atoms with Gasteiger partial charge in [-0.05, 0) is 91.0 Å². The summed E-state index contributed by atoms with van der Waals surface area (Å²) in [5.41, 5.74) is 3.89. The first-order valence-electron chi connectivity index (χ1n) is 18.5. The third-order valence-electron chi connectivity index (χ3n) is 9.11. The summed E-state index contributed by atoms with van der Waals surface area (Å²) in [6.45, 7) is 3.34. The van der Waals surface area contributed by atoms with Crippen molar-refractivity contribution >= 4 is 81.2 Å². The van der Waals surface area contributed by atoms with Crippen LogP contribution < -0.4 is 16.9 Å². The Labute approximate surface area is 356 Å². The molecule has 11 heteroatoms. The number of hydrogen-bond donors (Lipinski definition) is 4. The fourth-order valence-corrected chi connectivity index (χ4v) is 6.77. The van der Waals surface area contributed by atoms with E-state index in [0.29, 0.717) is 44.0 Å². The molecule has 6 aromatic carbocycles. The molecule has 302 valence electrons. The Bertz CT molecular complexity index is 3320. The molecule has 0 saturated heterocycles. The van der Waals surface area contributed by atoms with Crippen LogP contribution in [0.25, 0.3) is 65.2 Å². The Kier molecular flexibility index (Phi) is 13.8. The molecule has 0 amide bonds. The molecule has 0 aliphatic rings. The highest BCUT2D eigenvalue weighted by Crippen LogP contribution is 2.28. The number of aliphatic hydroxyl groups is 3. The predicted molar refractivity (Wildman–Crippen MR) is 243 cm³/mol. The molecule has 0 fully saturated rings. The standard InChI is InChI=1S/C17H12O3.C16H10O4.C14H9BrO2.C3H4O/c1-11-4-6-14-13-7-5-12(3-2-8-18)10-15(13)17(19)20-16(14)9-11;17-7-1-2-10-3-5-12-13-6-4-11(18)9-15(13)20-16(19)14(12)8-10;1-8-2-4-11-10-5-3-9(15)7-12(10)14(16)17-13(11)6-8;1-2-3-4/h4-7,9-10,18H,8H2,1H3;3-6,8-9,17-18H,7H2;2-7H,1H3;1,4H,3H2. The molecule has 9 aromatic rings. The van der Waals surface area contributed by atoms with Gasteiger partial charge in [-0.25, -0.2) is 14.4 Å². The first kappa shape index (κ1) is 43.2. The molecule has 9 rings (SSSR count). The highest BCUT2D eigenvalue weighted by atomic mass is 79.9. The average Bonchev–Trinajstić information content (AvgIpc) is 3.25. The van der Waals surface area contributed by atoms with Gasteiger partial charge in [0.15, 0.2) is 0 Å². The number of fused-ring (bicyclic) bond motifs is 9. The smallest absolute Gasteiger partial charge is 0.344 e. The second kappa shape index (κ2) is 19.5. The first-order valence-corrected chi connectivity index (χ1v) is 19.3. The van der Waals surface area contributed by atoms with Crippen molar-refractivity contribution in [2.24, 2.45) is 0 Å². The molecular formula is C50H35BrO10. The topological polar surface area (TPSA) is 172 Å². The molecule has 61 heavy (non-hydrogen) atoms. The summed E-state index contributed by atoms with van der Waals surface area (Å²) in [5, 5.41) is 41.2. The number of benzene rings is 6. The molecule has 0 unspecified atom stereocenters. The van der Waals surface area contributed by atoms with Gasteiger partial charge in [0.05, 0.1) is 16.2 Å². The number of halogens is 1. The van der Waals surface area contributed by atoms with E-state index in [-0.39, 0.29) is 36.8 Å². The van der Waals surface area contributed by atoms with Crippen molar-refractivity contribution in [2.75, 3.05) is 19.8 Å². The van der Waals surface area contributed by atoms with Crippen LogP contribution >= 0.6 is 15.9 Å². The predicted octanol–water partition coefficient (Wildman–Crippen LogP) is 8.22. The molecule has 0 bridgehead atoms. The fourth-order valence-electron chi connectivity index (χ4n) is 6.41. The molecule has 10 nitrogen and oxygen atoms in total. The number of aliphatic hydroxyl groups excluding tert-OH is 3. The Hall–Kier alpha value is -7.43. The van der Waals surface area contributed by atoms with E-state index < -0.39 is 5.63 Å². The zero-order valence-corrected chi connectivity index (χ0v) is 34.3. The highest BCUT2D eigenvalue weighted by molar-refractivity contribution is 9.10. The highest BCUT2D eigenvalue weighted by Gasteiger charge is 2.10. The van der Waals surface area contributed by atoms with Gasteiger partial charge < -0.3 is 33.7 Å². The van der Waals surface area contributed by atoms with E-state index >= 15 is 0 Å². The van der Waals surface area contributed by atoms with Crippen LogP contribution in [0.4, 0.5) is 0 Å². The number of aromatic hydroxyl groups is 1. The molecular weight excluding hydrogens is 840 g/mol. The fraction of sp³-hybridized carbons (Fsp3) is 0.100. The van der Waals surface area contributed by atoms with Gasteiger partial charge in [0.25, 0.3) is 0 Å². The number of phenolic OH excluding ortho intramolecular Hbond substituents is 1. The lowest BCUT2D eigenvalue weighted by Gasteiger charge is -2.03. The van der Waals surface area contributed by atoms with Crippen molar-refractivity contribution in [3.63, 3.8) is 0 Å². The van der Waals surface area contributed by atoms with Crippen LogP contribution in [0, 0.1) is 49.9 Å². The van der Waals surface area contributed by atoms with Crippen LogP contribution in [0.15, 0.2) is 141 Å². The van der Waals surface area contributed by atoms with Gasteiger partial charge in [-0.15, -0.1) is 6.42 Å². The van der Waals surface area contributed by atoms with Crippen molar-refractivity contribution in [2.45, 2.75) is 13.8 Å². The monoisotopic (exact) mass is 874 g/mol. The summed E-state index contributed by atoms with van der Waals surface area (Å²) < 4.78 is 16.8. The summed E-state index contributed by atoms with van der Waals surface area (Å²) in [7, 11) is 0. The van der Waals surface area contributed by atoms with Crippen LogP contribution in [-0.4, -0.2) is 40.2 Å². The van der Waals surface area contributed by atoms with Crippen molar-refractivity contribution in [1.82, 2.24) is 0 Å². The van der Waals surface area contributed by atoms with Crippen LogP contribution in [0.3, 0.4) is 0 Å². The average molecular weight is 876 g/mol. The summed E-state index contributed by atoms with van der Waals surface area (Å²) >= 11 is 3.36. The maximum absolute atomic E-state index is 12.1. The van der Waals surface area contributed by atoms with Gasteiger partial charge >= 0.3 is 16.9 Å². The van der Waals surface area contributed by atoms with Gasteiger partial charge in [-0.3, -0.25) is 0 Å². The van der Waals surface area contributed by atoms with E-state index in [9.17, 15) is 19.5 Å². The molecule has 0 radical (unpaired) electrons. The summed E-state index contributed by atoms with van der Waals surface area (Å²) in [5.74, 6) is 12.7. The molecule has 0 spiro atoms. The van der Waals surface area contributed by atoms with E-state index in [0.717, 1.165) is 47.9 Å². The summed E-state index contributed by atoms with van der Waals surface area (Å²) in [6.07, 6.45) is 4.53. The van der Waals surface area contributed by atoms with Gasteiger partial charge in [0.1, 0.15) is 42.3 Å². The van der Waals surface area contributed by atoms with E-state index in [2.05, 4.69) is 46.0 Å².